The second-order valence-electron chi connectivity index (χ2n) is 7.53. The van der Waals surface area contributed by atoms with E-state index in [9.17, 15) is 4.79 Å². The van der Waals surface area contributed by atoms with Crippen LogP contribution in [-0.4, -0.2) is 37.6 Å². The molecule has 5 heteroatoms. The van der Waals surface area contributed by atoms with Crippen LogP contribution in [0.25, 0.3) is 11.1 Å². The summed E-state index contributed by atoms with van der Waals surface area (Å²) in [7, 11) is 0. The molecular weight excluding hydrogens is 358 g/mol. The van der Waals surface area contributed by atoms with Crippen LogP contribution >= 0.6 is 11.6 Å². The van der Waals surface area contributed by atoms with Crippen molar-refractivity contribution in [2.45, 2.75) is 37.8 Å². The van der Waals surface area contributed by atoms with Crippen LogP contribution < -0.4 is 15.5 Å². The Hall–Kier alpha value is -2.04. The van der Waals surface area contributed by atoms with Crippen LogP contribution in [-0.2, 0) is 4.79 Å². The van der Waals surface area contributed by atoms with Crippen LogP contribution in [0.5, 0.6) is 0 Å². The van der Waals surface area contributed by atoms with Gasteiger partial charge in [0.15, 0.2) is 0 Å². The number of hydrogen-bond acceptors (Lipinski definition) is 3. The predicted octanol–water partition coefficient (Wildman–Crippen LogP) is 3.84. The molecule has 1 atom stereocenters. The monoisotopic (exact) mass is 383 g/mol. The van der Waals surface area contributed by atoms with Gasteiger partial charge in [0.25, 0.3) is 0 Å². The Morgan fingerprint density at radius 1 is 1.04 bits per heavy atom. The van der Waals surface area contributed by atoms with Gasteiger partial charge in [0.05, 0.1) is 0 Å². The third-order valence-electron chi connectivity index (χ3n) is 5.62. The lowest BCUT2D eigenvalue weighted by molar-refractivity contribution is -0.119. The summed E-state index contributed by atoms with van der Waals surface area (Å²) in [5.74, 6) is 0.192. The molecule has 2 aromatic carbocycles. The average Bonchev–Trinajstić information content (AvgIpc) is 3.13. The molecule has 2 N–H and O–H groups in total. The summed E-state index contributed by atoms with van der Waals surface area (Å²) < 4.78 is 0. The number of halogens is 1. The van der Waals surface area contributed by atoms with Gasteiger partial charge in [0.2, 0.25) is 5.91 Å². The standard InChI is InChI=1S/C22H26ClN3O/c23-18-6-4-16(5-7-18)17-2-1-3-21(14-17)26-12-10-19(11-13-26)24-15-20-8-9-22(27)25-20/h1-7,14,19-20,24H,8-13,15H2,(H,25,27)/t20-/m0/s1. The van der Waals surface area contributed by atoms with Gasteiger partial charge >= 0.3 is 0 Å². The SMILES string of the molecule is O=C1CC[C@@H](CNC2CCN(c3cccc(-c4ccc(Cl)cc4)c3)CC2)N1. The highest BCUT2D eigenvalue weighted by Gasteiger charge is 2.23. The summed E-state index contributed by atoms with van der Waals surface area (Å²) in [6.07, 6.45) is 3.90. The molecule has 0 saturated carbocycles. The minimum atomic E-state index is 0.192. The van der Waals surface area contributed by atoms with Gasteiger partial charge in [0.1, 0.15) is 0 Å². The van der Waals surface area contributed by atoms with E-state index in [-0.39, 0.29) is 5.91 Å². The van der Waals surface area contributed by atoms with Crippen LogP contribution in [0.15, 0.2) is 48.5 Å². The third kappa shape index (κ3) is 4.63. The summed E-state index contributed by atoms with van der Waals surface area (Å²) in [5, 5.41) is 7.44. The van der Waals surface area contributed by atoms with Gasteiger partial charge in [-0.25, -0.2) is 0 Å². The molecule has 142 valence electrons. The zero-order chi connectivity index (χ0) is 18.6. The van der Waals surface area contributed by atoms with E-state index in [0.717, 1.165) is 43.9 Å². The van der Waals surface area contributed by atoms with Crippen molar-refractivity contribution in [2.24, 2.45) is 0 Å². The number of benzene rings is 2. The van der Waals surface area contributed by atoms with Crippen molar-refractivity contribution in [3.63, 3.8) is 0 Å². The summed E-state index contributed by atoms with van der Waals surface area (Å²) >= 11 is 6.01. The van der Waals surface area contributed by atoms with Crippen molar-refractivity contribution >= 4 is 23.2 Å². The molecule has 2 aliphatic rings. The van der Waals surface area contributed by atoms with Crippen LogP contribution in [0, 0.1) is 0 Å². The Kier molecular flexibility index (Phi) is 5.65. The molecule has 4 rings (SSSR count). The molecule has 0 radical (unpaired) electrons. The van der Waals surface area contributed by atoms with Gasteiger partial charge in [-0.1, -0.05) is 35.9 Å². The first-order valence-corrected chi connectivity index (χ1v) is 10.2. The maximum Gasteiger partial charge on any atom is 0.220 e. The van der Waals surface area contributed by atoms with E-state index in [2.05, 4.69) is 51.9 Å². The Balaban J connectivity index is 1.32. The summed E-state index contributed by atoms with van der Waals surface area (Å²) in [6, 6.07) is 17.6. The number of anilines is 1. The first-order chi connectivity index (χ1) is 13.2. The minimum absolute atomic E-state index is 0.192. The number of nitrogens with one attached hydrogen (secondary N) is 2. The number of carbonyl (C=O) groups is 1. The predicted molar refractivity (Wildman–Crippen MR) is 111 cm³/mol. The number of nitrogens with zero attached hydrogens (tertiary/aromatic N) is 1. The molecule has 0 aromatic heterocycles. The molecule has 2 aliphatic heterocycles. The van der Waals surface area contributed by atoms with Crippen molar-refractivity contribution in [3.8, 4) is 11.1 Å². The van der Waals surface area contributed by atoms with E-state index in [1.54, 1.807) is 0 Å². The Morgan fingerprint density at radius 3 is 2.52 bits per heavy atom. The Bertz CT molecular complexity index is 784. The van der Waals surface area contributed by atoms with Gasteiger partial charge < -0.3 is 15.5 Å². The fourth-order valence-corrected chi connectivity index (χ4v) is 4.13. The van der Waals surface area contributed by atoms with Crippen molar-refractivity contribution in [3.05, 3.63) is 53.6 Å². The van der Waals surface area contributed by atoms with E-state index >= 15 is 0 Å². The molecule has 0 aliphatic carbocycles. The second-order valence-corrected chi connectivity index (χ2v) is 7.97. The van der Waals surface area contributed by atoms with Crippen molar-refractivity contribution in [1.82, 2.24) is 10.6 Å². The van der Waals surface area contributed by atoms with E-state index in [1.807, 2.05) is 12.1 Å². The molecule has 1 amide bonds. The molecule has 0 unspecified atom stereocenters. The number of rotatable bonds is 5. The first kappa shape index (κ1) is 18.3. The molecule has 2 heterocycles. The summed E-state index contributed by atoms with van der Waals surface area (Å²) in [6.45, 7) is 3.00. The summed E-state index contributed by atoms with van der Waals surface area (Å²) in [4.78, 5) is 13.8. The number of hydrogen-bond donors (Lipinski definition) is 2. The normalized spacial score (nSPS) is 20.7. The largest absolute Gasteiger partial charge is 0.371 e. The maximum atomic E-state index is 11.3. The van der Waals surface area contributed by atoms with E-state index in [1.165, 1.54) is 16.8 Å². The molecule has 2 fully saturated rings. The minimum Gasteiger partial charge on any atom is -0.371 e. The fourth-order valence-electron chi connectivity index (χ4n) is 4.01. The number of piperidine rings is 1. The molecule has 4 nitrogen and oxygen atoms in total. The topological polar surface area (TPSA) is 44.4 Å². The maximum absolute atomic E-state index is 11.3. The highest BCUT2D eigenvalue weighted by atomic mass is 35.5. The highest BCUT2D eigenvalue weighted by molar-refractivity contribution is 6.30. The van der Waals surface area contributed by atoms with E-state index in [4.69, 9.17) is 11.6 Å². The van der Waals surface area contributed by atoms with Gasteiger partial charge in [-0.3, -0.25) is 4.79 Å². The summed E-state index contributed by atoms with van der Waals surface area (Å²) in [5.41, 5.74) is 3.70. The fraction of sp³-hybridized carbons (Fsp3) is 0.409. The van der Waals surface area contributed by atoms with Gasteiger partial charge in [0, 0.05) is 48.8 Å². The van der Waals surface area contributed by atoms with Crippen LogP contribution in [0.4, 0.5) is 5.69 Å². The van der Waals surface area contributed by atoms with Crippen molar-refractivity contribution in [1.29, 1.82) is 0 Å². The second kappa shape index (κ2) is 8.32. The van der Waals surface area contributed by atoms with E-state index in [0.29, 0.717) is 18.5 Å². The number of carbonyl (C=O) groups excluding carboxylic acids is 1. The van der Waals surface area contributed by atoms with Gasteiger partial charge in [-0.2, -0.15) is 0 Å². The Labute approximate surface area is 165 Å². The van der Waals surface area contributed by atoms with Crippen LogP contribution in [0.2, 0.25) is 5.02 Å². The lowest BCUT2D eigenvalue weighted by Gasteiger charge is -2.34. The van der Waals surface area contributed by atoms with Gasteiger partial charge in [-0.05, 0) is 54.7 Å². The first-order valence-electron chi connectivity index (χ1n) is 9.81. The lowest BCUT2D eigenvalue weighted by Crippen LogP contribution is -2.46. The molecule has 2 saturated heterocycles. The zero-order valence-corrected chi connectivity index (χ0v) is 16.2. The van der Waals surface area contributed by atoms with Crippen LogP contribution in [0.1, 0.15) is 25.7 Å². The van der Waals surface area contributed by atoms with Crippen molar-refractivity contribution in [2.75, 3.05) is 24.5 Å². The van der Waals surface area contributed by atoms with Gasteiger partial charge in [-0.15, -0.1) is 0 Å². The molecule has 0 bridgehead atoms. The highest BCUT2D eigenvalue weighted by Crippen LogP contribution is 2.27. The lowest BCUT2D eigenvalue weighted by atomic mass is 10.0. The molecule has 2 aromatic rings. The molecular formula is C22H26ClN3O. The molecule has 27 heavy (non-hydrogen) atoms. The quantitative estimate of drug-likeness (QED) is 0.824. The van der Waals surface area contributed by atoms with Crippen LogP contribution in [0.3, 0.4) is 0 Å². The molecule has 0 spiro atoms. The zero-order valence-electron chi connectivity index (χ0n) is 15.5. The Morgan fingerprint density at radius 2 is 1.81 bits per heavy atom. The van der Waals surface area contributed by atoms with Crippen molar-refractivity contribution < 1.29 is 4.79 Å². The third-order valence-corrected chi connectivity index (χ3v) is 5.87. The number of amides is 1. The van der Waals surface area contributed by atoms with E-state index < -0.39 is 0 Å². The smallest absolute Gasteiger partial charge is 0.220 e. The average molecular weight is 384 g/mol.